The van der Waals surface area contributed by atoms with Crippen LogP contribution in [0.2, 0.25) is 0 Å². The lowest BCUT2D eigenvalue weighted by atomic mass is 9.63. The Bertz CT molecular complexity index is 1240. The second-order valence-corrected chi connectivity index (χ2v) is 10.1. The summed E-state index contributed by atoms with van der Waals surface area (Å²) in [7, 11) is 0. The third kappa shape index (κ3) is 2.56. The molecule has 3 aromatic rings. The molecule has 0 radical (unpaired) electrons. The van der Waals surface area contributed by atoms with Gasteiger partial charge in [0, 0.05) is 15.5 Å². The fourth-order valence-electron chi connectivity index (χ4n) is 5.44. The second-order valence-electron chi connectivity index (χ2n) is 9.19. The Morgan fingerprint density at radius 1 is 0.871 bits per heavy atom. The number of amides is 2. The molecule has 158 valence electrons. The van der Waals surface area contributed by atoms with Crippen molar-refractivity contribution in [1.29, 1.82) is 0 Å². The van der Waals surface area contributed by atoms with E-state index in [1.165, 1.54) is 0 Å². The minimum absolute atomic E-state index is 0.241. The summed E-state index contributed by atoms with van der Waals surface area (Å²) in [5.74, 6) is -0.603. The van der Waals surface area contributed by atoms with Crippen LogP contribution in [0.5, 0.6) is 0 Å². The number of carbonyl (C=O) groups is 2. The zero-order valence-corrected chi connectivity index (χ0v) is 19.2. The molecular formula is C24H23BrN4O2. The number of benzene rings is 2. The fourth-order valence-corrected chi connectivity index (χ4v) is 5.71. The average molecular weight is 479 g/mol. The smallest absolute Gasteiger partial charge is 0.269 e. The summed E-state index contributed by atoms with van der Waals surface area (Å²) in [5.41, 5.74) is 7.46. The van der Waals surface area contributed by atoms with E-state index in [0.717, 1.165) is 33.3 Å². The van der Waals surface area contributed by atoms with Gasteiger partial charge < -0.3 is 0 Å². The molecule has 5 rings (SSSR count). The Balaban J connectivity index is 1.52. The number of carbonyl (C=O) groups excluding carboxylic acids is 2. The number of hydrogen-bond acceptors (Lipinski definition) is 4. The minimum atomic E-state index is -0.860. The van der Waals surface area contributed by atoms with Gasteiger partial charge in [-0.25, -0.2) is 9.97 Å². The molecule has 1 heterocycles. The number of hydrogen-bond donors (Lipinski definition) is 2. The van der Waals surface area contributed by atoms with E-state index in [4.69, 9.17) is 9.97 Å². The van der Waals surface area contributed by atoms with Crippen LogP contribution in [-0.2, 0) is 15.6 Å². The molecule has 0 spiro atoms. The first-order valence-corrected chi connectivity index (χ1v) is 11.1. The summed E-state index contributed by atoms with van der Waals surface area (Å²) < 4.78 is 0.882. The Morgan fingerprint density at radius 3 is 2.13 bits per heavy atom. The maximum atomic E-state index is 13.7. The summed E-state index contributed by atoms with van der Waals surface area (Å²) in [4.78, 5) is 36.1. The molecule has 1 saturated carbocycles. The minimum Gasteiger partial charge on any atom is -0.272 e. The SMILES string of the molecule is CC12CCC(C(=O)NNC(=O)c3ccc(Br)cc3)(c3nc4ccccc4nc31)C2(C)C. The molecular weight excluding hydrogens is 456 g/mol. The van der Waals surface area contributed by atoms with Gasteiger partial charge in [-0.1, -0.05) is 48.8 Å². The number of rotatable bonds is 2. The normalized spacial score (nSPS) is 25.3. The van der Waals surface area contributed by atoms with Crippen molar-refractivity contribution in [2.45, 2.75) is 44.4 Å². The summed E-state index contributed by atoms with van der Waals surface area (Å²) in [6, 6.07) is 14.7. The van der Waals surface area contributed by atoms with E-state index >= 15 is 0 Å². The highest BCUT2D eigenvalue weighted by atomic mass is 79.9. The molecule has 1 fully saturated rings. The first-order valence-electron chi connectivity index (χ1n) is 10.3. The molecule has 0 saturated heterocycles. The first-order chi connectivity index (χ1) is 14.7. The van der Waals surface area contributed by atoms with Crippen molar-refractivity contribution in [3.63, 3.8) is 0 Å². The molecule has 2 aliphatic rings. The molecule has 2 unspecified atom stereocenters. The molecule has 7 heteroatoms. The first kappa shape index (κ1) is 20.1. The number of halogens is 1. The van der Waals surface area contributed by atoms with Gasteiger partial charge in [0.1, 0.15) is 5.41 Å². The van der Waals surface area contributed by atoms with E-state index in [0.29, 0.717) is 12.0 Å². The van der Waals surface area contributed by atoms with Crippen LogP contribution >= 0.6 is 15.9 Å². The lowest BCUT2D eigenvalue weighted by molar-refractivity contribution is -0.131. The van der Waals surface area contributed by atoms with Crippen molar-refractivity contribution in [1.82, 2.24) is 20.8 Å². The van der Waals surface area contributed by atoms with E-state index in [2.05, 4.69) is 47.6 Å². The van der Waals surface area contributed by atoms with Crippen LogP contribution in [0, 0.1) is 5.41 Å². The van der Waals surface area contributed by atoms with Crippen molar-refractivity contribution in [2.75, 3.05) is 0 Å². The van der Waals surface area contributed by atoms with Gasteiger partial charge in [0.05, 0.1) is 22.4 Å². The number of fused-ring (bicyclic) bond motifs is 6. The lowest BCUT2D eigenvalue weighted by Gasteiger charge is -2.39. The predicted molar refractivity (Wildman–Crippen MR) is 121 cm³/mol. The summed E-state index contributed by atoms with van der Waals surface area (Å²) in [6.45, 7) is 6.41. The Hall–Kier alpha value is -2.80. The van der Waals surface area contributed by atoms with Crippen LogP contribution in [-0.4, -0.2) is 21.8 Å². The van der Waals surface area contributed by atoms with Crippen molar-refractivity contribution in [3.05, 3.63) is 70.0 Å². The molecule has 1 aromatic heterocycles. The van der Waals surface area contributed by atoms with Gasteiger partial charge in [0.25, 0.3) is 11.8 Å². The zero-order valence-electron chi connectivity index (χ0n) is 17.6. The Morgan fingerprint density at radius 2 is 1.48 bits per heavy atom. The van der Waals surface area contributed by atoms with Gasteiger partial charge in [0.15, 0.2) is 0 Å². The monoisotopic (exact) mass is 478 g/mol. The number of nitrogens with zero attached hydrogens (tertiary/aromatic N) is 2. The van der Waals surface area contributed by atoms with Crippen molar-refractivity contribution in [3.8, 4) is 0 Å². The van der Waals surface area contributed by atoms with E-state index in [-0.39, 0.29) is 17.2 Å². The fraction of sp³-hybridized carbons (Fsp3) is 0.333. The van der Waals surface area contributed by atoms with E-state index in [9.17, 15) is 9.59 Å². The van der Waals surface area contributed by atoms with Crippen molar-refractivity contribution < 1.29 is 9.59 Å². The number of hydrazine groups is 1. The van der Waals surface area contributed by atoms with Crippen LogP contribution in [0.3, 0.4) is 0 Å². The average Bonchev–Trinajstić information content (AvgIpc) is 3.06. The largest absolute Gasteiger partial charge is 0.272 e. The van der Waals surface area contributed by atoms with Gasteiger partial charge in [-0.2, -0.15) is 0 Å². The number of nitrogens with one attached hydrogen (secondary N) is 2. The molecule has 2 atom stereocenters. The van der Waals surface area contributed by atoms with Crippen LogP contribution in [0.4, 0.5) is 0 Å². The predicted octanol–water partition coefficient (Wildman–Crippen LogP) is 4.18. The van der Waals surface area contributed by atoms with Crippen LogP contribution in [0.1, 0.15) is 55.4 Å². The molecule has 0 aliphatic heterocycles. The second kappa shape index (κ2) is 6.60. The molecule has 2 N–H and O–H groups in total. The number of aromatic nitrogens is 2. The summed E-state index contributed by atoms with van der Waals surface area (Å²) in [5, 5.41) is 0. The maximum Gasteiger partial charge on any atom is 0.269 e. The third-order valence-electron chi connectivity index (χ3n) is 7.73. The topological polar surface area (TPSA) is 84.0 Å². The number of para-hydroxylation sites is 2. The Kier molecular flexibility index (Phi) is 4.28. The quantitative estimate of drug-likeness (QED) is 0.541. The highest BCUT2D eigenvalue weighted by Gasteiger charge is 2.73. The molecule has 2 aliphatic carbocycles. The standard InChI is InChI=1S/C24H23BrN4O2/c1-22(2)23(3)12-13-24(22,19-18(23)26-16-6-4-5-7-17(16)27-19)21(31)29-28-20(30)14-8-10-15(25)11-9-14/h4-11H,12-13H2,1-3H3,(H,28,30)(H,29,31). The van der Waals surface area contributed by atoms with E-state index in [1.54, 1.807) is 24.3 Å². The van der Waals surface area contributed by atoms with E-state index < -0.39 is 10.8 Å². The molecule has 2 amide bonds. The highest BCUT2D eigenvalue weighted by Crippen LogP contribution is 2.70. The third-order valence-corrected chi connectivity index (χ3v) is 8.26. The van der Waals surface area contributed by atoms with Crippen LogP contribution < -0.4 is 10.9 Å². The van der Waals surface area contributed by atoms with E-state index in [1.807, 2.05) is 24.3 Å². The Labute approximate surface area is 189 Å². The van der Waals surface area contributed by atoms with Gasteiger partial charge in [-0.3, -0.25) is 20.4 Å². The maximum absolute atomic E-state index is 13.7. The summed E-state index contributed by atoms with van der Waals surface area (Å²) in [6.07, 6.45) is 1.50. The zero-order chi connectivity index (χ0) is 22.0. The van der Waals surface area contributed by atoms with Crippen LogP contribution in [0.25, 0.3) is 11.0 Å². The lowest BCUT2D eigenvalue weighted by Crippen LogP contribution is -2.55. The van der Waals surface area contributed by atoms with Gasteiger partial charge >= 0.3 is 0 Å². The van der Waals surface area contributed by atoms with Crippen LogP contribution in [0.15, 0.2) is 53.0 Å². The van der Waals surface area contributed by atoms with Gasteiger partial charge in [-0.15, -0.1) is 0 Å². The molecule has 6 nitrogen and oxygen atoms in total. The summed E-state index contributed by atoms with van der Waals surface area (Å²) >= 11 is 3.36. The van der Waals surface area contributed by atoms with Gasteiger partial charge in [0.2, 0.25) is 0 Å². The van der Waals surface area contributed by atoms with Gasteiger partial charge in [-0.05, 0) is 54.7 Å². The molecule has 31 heavy (non-hydrogen) atoms. The molecule has 2 bridgehead atoms. The molecule has 2 aromatic carbocycles. The van der Waals surface area contributed by atoms with Crippen molar-refractivity contribution >= 4 is 38.8 Å². The van der Waals surface area contributed by atoms with Crippen molar-refractivity contribution in [2.24, 2.45) is 5.41 Å². The highest BCUT2D eigenvalue weighted by molar-refractivity contribution is 9.10.